The number of esters is 1. The number of hydrogen-bond acceptors (Lipinski definition) is 4. The van der Waals surface area contributed by atoms with Crippen molar-refractivity contribution in [2.75, 3.05) is 11.9 Å². The van der Waals surface area contributed by atoms with Crippen molar-refractivity contribution in [2.24, 2.45) is 0 Å². The summed E-state index contributed by atoms with van der Waals surface area (Å²) in [7, 11) is 0. The van der Waals surface area contributed by atoms with Crippen LogP contribution >= 0.6 is 0 Å². The van der Waals surface area contributed by atoms with Crippen LogP contribution in [0.2, 0.25) is 0 Å². The van der Waals surface area contributed by atoms with Gasteiger partial charge in [0.2, 0.25) is 0 Å². The van der Waals surface area contributed by atoms with Crippen molar-refractivity contribution >= 4 is 17.6 Å². The highest BCUT2D eigenvalue weighted by Crippen LogP contribution is 2.27. The number of halogens is 2. The van der Waals surface area contributed by atoms with Crippen LogP contribution in [0.3, 0.4) is 0 Å². The predicted octanol–water partition coefficient (Wildman–Crippen LogP) is 5.25. The summed E-state index contributed by atoms with van der Waals surface area (Å²) in [5, 5.41) is 7.04. The van der Waals surface area contributed by atoms with Crippen molar-refractivity contribution in [1.82, 2.24) is 9.78 Å². The van der Waals surface area contributed by atoms with E-state index in [1.54, 1.807) is 37.3 Å². The zero-order chi connectivity index (χ0) is 23.4. The normalized spacial score (nSPS) is 10.6. The molecule has 8 heteroatoms. The molecule has 0 spiro atoms. The highest BCUT2D eigenvalue weighted by molar-refractivity contribution is 6.04. The van der Waals surface area contributed by atoms with Crippen molar-refractivity contribution < 1.29 is 23.1 Å². The Labute approximate surface area is 188 Å². The molecular formula is C25H19F2N3O3. The average molecular weight is 447 g/mol. The van der Waals surface area contributed by atoms with Crippen LogP contribution in [0.4, 0.5) is 14.5 Å². The molecule has 4 rings (SSSR count). The lowest BCUT2D eigenvalue weighted by atomic mass is 10.1. The zero-order valence-corrected chi connectivity index (χ0v) is 17.6. The Morgan fingerprint density at radius 2 is 1.67 bits per heavy atom. The molecule has 1 N–H and O–H groups in total. The van der Waals surface area contributed by atoms with Crippen LogP contribution in [0.15, 0.2) is 78.9 Å². The lowest BCUT2D eigenvalue weighted by molar-refractivity contribution is 0.0519. The fourth-order valence-corrected chi connectivity index (χ4v) is 3.29. The van der Waals surface area contributed by atoms with Gasteiger partial charge in [0.15, 0.2) is 5.69 Å². The van der Waals surface area contributed by atoms with Crippen molar-refractivity contribution in [1.29, 1.82) is 0 Å². The maximum absolute atomic E-state index is 13.9. The third-order valence-electron chi connectivity index (χ3n) is 4.75. The number of benzene rings is 3. The van der Waals surface area contributed by atoms with Crippen LogP contribution < -0.4 is 5.32 Å². The number of amides is 1. The van der Waals surface area contributed by atoms with Crippen LogP contribution in [-0.2, 0) is 4.74 Å². The van der Waals surface area contributed by atoms with Crippen LogP contribution in [0.25, 0.3) is 16.9 Å². The summed E-state index contributed by atoms with van der Waals surface area (Å²) in [5.41, 5.74) is 2.20. The highest BCUT2D eigenvalue weighted by Gasteiger charge is 2.18. The molecule has 0 atom stereocenters. The molecule has 0 saturated heterocycles. The minimum absolute atomic E-state index is 0.0605. The number of carbonyl (C=O) groups excluding carboxylic acids is 2. The smallest absolute Gasteiger partial charge is 0.358 e. The fraction of sp³-hybridized carbons (Fsp3) is 0.0800. The third-order valence-corrected chi connectivity index (χ3v) is 4.75. The number of rotatable bonds is 6. The fourth-order valence-electron chi connectivity index (χ4n) is 3.29. The second-order valence-corrected chi connectivity index (χ2v) is 7.07. The molecule has 0 aliphatic carbocycles. The third kappa shape index (κ3) is 4.95. The first-order chi connectivity index (χ1) is 15.9. The number of ether oxygens (including phenoxy) is 1. The molecule has 4 aromatic rings. The predicted molar refractivity (Wildman–Crippen MR) is 119 cm³/mol. The van der Waals surface area contributed by atoms with E-state index in [1.165, 1.54) is 47.1 Å². The number of carbonyl (C=O) groups is 2. The van der Waals surface area contributed by atoms with E-state index in [-0.39, 0.29) is 17.9 Å². The summed E-state index contributed by atoms with van der Waals surface area (Å²) in [6.07, 6.45) is 0. The molecule has 1 amide bonds. The van der Waals surface area contributed by atoms with Gasteiger partial charge in [-0.3, -0.25) is 4.79 Å². The van der Waals surface area contributed by atoms with Gasteiger partial charge in [-0.15, -0.1) is 0 Å². The van der Waals surface area contributed by atoms with Gasteiger partial charge in [-0.1, -0.05) is 24.3 Å². The number of aromatic nitrogens is 2. The summed E-state index contributed by atoms with van der Waals surface area (Å²) in [4.78, 5) is 24.8. The Kier molecular flexibility index (Phi) is 6.26. The summed E-state index contributed by atoms with van der Waals surface area (Å²) < 4.78 is 33.8. The molecule has 0 saturated carbocycles. The lowest BCUT2D eigenvalue weighted by Gasteiger charge is -2.10. The molecule has 166 valence electrons. The Bertz CT molecular complexity index is 1330. The molecule has 0 radical (unpaired) electrons. The minimum Gasteiger partial charge on any atom is -0.461 e. The first-order valence-corrected chi connectivity index (χ1v) is 10.1. The molecule has 33 heavy (non-hydrogen) atoms. The molecule has 0 bridgehead atoms. The van der Waals surface area contributed by atoms with E-state index in [9.17, 15) is 18.4 Å². The summed E-state index contributed by atoms with van der Waals surface area (Å²) >= 11 is 0. The van der Waals surface area contributed by atoms with E-state index in [2.05, 4.69) is 10.4 Å². The summed E-state index contributed by atoms with van der Waals surface area (Å²) in [6.45, 7) is 1.87. The van der Waals surface area contributed by atoms with Gasteiger partial charge in [-0.05, 0) is 61.5 Å². The van der Waals surface area contributed by atoms with Crippen molar-refractivity contribution in [3.05, 3.63) is 102 Å². The van der Waals surface area contributed by atoms with Crippen LogP contribution in [0, 0.1) is 11.6 Å². The number of anilines is 1. The minimum atomic E-state index is -0.607. The van der Waals surface area contributed by atoms with Gasteiger partial charge in [0.05, 0.1) is 18.0 Å². The zero-order valence-electron chi connectivity index (χ0n) is 17.6. The van der Waals surface area contributed by atoms with Crippen molar-refractivity contribution in [3.63, 3.8) is 0 Å². The molecule has 0 aliphatic rings. The SMILES string of the molecule is CCOC(=O)c1cc(-c2cccc(NC(=O)c3cccc(F)c3)c2)n(-c2cccc(F)c2)n1. The van der Waals surface area contributed by atoms with E-state index in [1.807, 2.05) is 0 Å². The average Bonchev–Trinajstić information content (AvgIpc) is 3.25. The number of hydrogen-bond donors (Lipinski definition) is 1. The molecule has 0 unspecified atom stereocenters. The van der Waals surface area contributed by atoms with Gasteiger partial charge in [-0.25, -0.2) is 18.3 Å². The van der Waals surface area contributed by atoms with Crippen molar-refractivity contribution in [2.45, 2.75) is 6.92 Å². The molecule has 0 aliphatic heterocycles. The molecule has 6 nitrogen and oxygen atoms in total. The van der Waals surface area contributed by atoms with Gasteiger partial charge in [-0.2, -0.15) is 5.10 Å². The van der Waals surface area contributed by atoms with Crippen molar-refractivity contribution in [3.8, 4) is 16.9 Å². The molecular weight excluding hydrogens is 428 g/mol. The van der Waals surface area contributed by atoms with E-state index in [0.29, 0.717) is 22.6 Å². The molecule has 1 heterocycles. The van der Waals surface area contributed by atoms with E-state index < -0.39 is 23.5 Å². The number of nitrogens with zero attached hydrogens (tertiary/aromatic N) is 2. The standard InChI is InChI=1S/C25H19F2N3O3/c1-2-33-25(32)22-15-23(30(29-22)21-11-5-9-19(27)14-21)16-6-4-10-20(13-16)28-24(31)17-7-3-8-18(26)12-17/h3-15H,2H2,1H3,(H,28,31). The Hall–Kier alpha value is -4.33. The Morgan fingerprint density at radius 1 is 0.939 bits per heavy atom. The summed E-state index contributed by atoms with van der Waals surface area (Å²) in [6, 6.07) is 19.5. The monoisotopic (exact) mass is 447 g/mol. The van der Waals surface area contributed by atoms with E-state index in [4.69, 9.17) is 4.74 Å². The van der Waals surface area contributed by atoms with Crippen LogP contribution in [0.1, 0.15) is 27.8 Å². The molecule has 1 aromatic heterocycles. The maximum atomic E-state index is 13.9. The molecule has 3 aromatic carbocycles. The quantitative estimate of drug-likeness (QED) is 0.410. The highest BCUT2D eigenvalue weighted by atomic mass is 19.1. The van der Waals surface area contributed by atoms with Crippen LogP contribution in [-0.4, -0.2) is 28.3 Å². The topological polar surface area (TPSA) is 73.2 Å². The van der Waals surface area contributed by atoms with Gasteiger partial charge in [0, 0.05) is 16.8 Å². The molecule has 0 fully saturated rings. The van der Waals surface area contributed by atoms with Crippen LogP contribution in [0.5, 0.6) is 0 Å². The Morgan fingerprint density at radius 3 is 2.39 bits per heavy atom. The second-order valence-electron chi connectivity index (χ2n) is 7.07. The Balaban J connectivity index is 1.72. The maximum Gasteiger partial charge on any atom is 0.358 e. The summed E-state index contributed by atoms with van der Waals surface area (Å²) in [5.74, 6) is -2.05. The lowest BCUT2D eigenvalue weighted by Crippen LogP contribution is -2.12. The van der Waals surface area contributed by atoms with Gasteiger partial charge in [0.25, 0.3) is 5.91 Å². The van der Waals surface area contributed by atoms with E-state index in [0.717, 1.165) is 6.07 Å². The largest absolute Gasteiger partial charge is 0.461 e. The van der Waals surface area contributed by atoms with Gasteiger partial charge < -0.3 is 10.1 Å². The first kappa shape index (κ1) is 21.9. The first-order valence-electron chi connectivity index (χ1n) is 10.1. The number of nitrogens with one attached hydrogen (secondary N) is 1. The van der Waals surface area contributed by atoms with Gasteiger partial charge >= 0.3 is 5.97 Å². The second kappa shape index (κ2) is 9.44. The van der Waals surface area contributed by atoms with Gasteiger partial charge in [0.1, 0.15) is 11.6 Å². The van der Waals surface area contributed by atoms with E-state index >= 15 is 0 Å².